The molecule has 6 nitrogen and oxygen atoms in total. The molecule has 0 unspecified atom stereocenters. The Morgan fingerprint density at radius 3 is 2.71 bits per heavy atom. The lowest BCUT2D eigenvalue weighted by Gasteiger charge is -2.41. The lowest BCUT2D eigenvalue weighted by molar-refractivity contribution is -0.139. The highest BCUT2D eigenvalue weighted by Crippen LogP contribution is 2.35. The van der Waals surface area contributed by atoms with E-state index in [0.717, 1.165) is 6.42 Å². The molecule has 1 amide bonds. The number of carbonyl (C=O) groups is 2. The summed E-state index contributed by atoms with van der Waals surface area (Å²) in [5.41, 5.74) is -0.102. The Morgan fingerprint density at radius 1 is 1.59 bits per heavy atom. The van der Waals surface area contributed by atoms with Gasteiger partial charge in [0.25, 0.3) is 5.91 Å². The predicted octanol–water partition coefficient (Wildman–Crippen LogP) is 1.11. The van der Waals surface area contributed by atoms with Crippen LogP contribution in [0.4, 0.5) is 0 Å². The van der Waals surface area contributed by atoms with E-state index in [9.17, 15) is 9.59 Å². The van der Waals surface area contributed by atoms with Crippen LogP contribution < -0.4 is 5.32 Å². The molecule has 0 saturated heterocycles. The van der Waals surface area contributed by atoms with Crippen molar-refractivity contribution < 1.29 is 19.1 Å². The van der Waals surface area contributed by atoms with E-state index < -0.39 is 11.5 Å². The quantitative estimate of drug-likeness (QED) is 0.819. The third kappa shape index (κ3) is 2.30. The first-order valence-corrected chi connectivity index (χ1v) is 5.47. The van der Waals surface area contributed by atoms with Crippen molar-refractivity contribution in [2.75, 3.05) is 0 Å². The van der Waals surface area contributed by atoms with Crippen LogP contribution in [-0.2, 0) is 4.79 Å². The van der Waals surface area contributed by atoms with Gasteiger partial charge in [-0.2, -0.15) is 0 Å². The molecule has 1 aliphatic rings. The summed E-state index contributed by atoms with van der Waals surface area (Å²) in [4.78, 5) is 26.5. The van der Waals surface area contributed by atoms with E-state index in [2.05, 4.69) is 10.3 Å². The summed E-state index contributed by atoms with van der Waals surface area (Å²) in [5, 5.41) is 11.6. The Morgan fingerprint density at radius 2 is 2.29 bits per heavy atom. The van der Waals surface area contributed by atoms with Crippen molar-refractivity contribution in [3.63, 3.8) is 0 Å². The van der Waals surface area contributed by atoms with Gasteiger partial charge in [-0.05, 0) is 26.2 Å². The zero-order valence-corrected chi connectivity index (χ0v) is 9.52. The fourth-order valence-corrected chi connectivity index (χ4v) is 2.06. The van der Waals surface area contributed by atoms with Crippen LogP contribution in [-0.4, -0.2) is 27.5 Å². The number of nitrogens with zero attached hydrogens (tertiary/aromatic N) is 1. The summed E-state index contributed by atoms with van der Waals surface area (Å²) in [5.74, 6) is -1.14. The molecule has 1 aliphatic carbocycles. The van der Waals surface area contributed by atoms with E-state index in [1.807, 2.05) is 0 Å². The van der Waals surface area contributed by atoms with Crippen LogP contribution in [0.1, 0.15) is 41.9 Å². The zero-order chi connectivity index (χ0) is 12.5. The maximum absolute atomic E-state index is 11.9. The summed E-state index contributed by atoms with van der Waals surface area (Å²) in [7, 11) is 0. The minimum Gasteiger partial charge on any atom is -0.481 e. The number of aromatic nitrogens is 1. The Balaban J connectivity index is 2.07. The second-order valence-electron chi connectivity index (χ2n) is 4.43. The standard InChI is InChI=1S/C11H14N2O4/c1-7-9(17-6-12-7)10(16)13-11(3-2-4-11)5-8(14)15/h6H,2-5H2,1H3,(H,13,16)(H,14,15). The largest absolute Gasteiger partial charge is 0.481 e. The SMILES string of the molecule is Cc1ncoc1C(=O)NC1(CC(=O)O)CCC1. The smallest absolute Gasteiger partial charge is 0.305 e. The minimum atomic E-state index is -0.903. The fraction of sp³-hybridized carbons (Fsp3) is 0.545. The van der Waals surface area contributed by atoms with E-state index in [4.69, 9.17) is 9.52 Å². The number of hydrogen-bond donors (Lipinski definition) is 2. The number of aryl methyl sites for hydroxylation is 1. The van der Waals surface area contributed by atoms with Gasteiger partial charge >= 0.3 is 5.97 Å². The Kier molecular flexibility index (Phi) is 2.87. The monoisotopic (exact) mass is 238 g/mol. The number of nitrogens with one attached hydrogen (secondary N) is 1. The Bertz CT molecular complexity index is 448. The van der Waals surface area contributed by atoms with Gasteiger partial charge in [0.05, 0.1) is 17.7 Å². The average molecular weight is 238 g/mol. The van der Waals surface area contributed by atoms with Crippen LogP contribution in [0.2, 0.25) is 0 Å². The highest BCUT2D eigenvalue weighted by molar-refractivity contribution is 5.93. The Labute approximate surface area is 98.0 Å². The van der Waals surface area contributed by atoms with Gasteiger partial charge in [0.2, 0.25) is 5.76 Å². The fourth-order valence-electron chi connectivity index (χ4n) is 2.06. The van der Waals surface area contributed by atoms with E-state index >= 15 is 0 Å². The molecule has 1 aromatic rings. The van der Waals surface area contributed by atoms with Crippen molar-refractivity contribution in [1.82, 2.24) is 10.3 Å². The maximum atomic E-state index is 11.9. The van der Waals surface area contributed by atoms with Crippen LogP contribution >= 0.6 is 0 Å². The first-order valence-electron chi connectivity index (χ1n) is 5.47. The first-order chi connectivity index (χ1) is 8.02. The van der Waals surface area contributed by atoms with Crippen molar-refractivity contribution in [2.24, 2.45) is 0 Å². The van der Waals surface area contributed by atoms with Crippen molar-refractivity contribution in [3.05, 3.63) is 17.8 Å². The summed E-state index contributed by atoms with van der Waals surface area (Å²) in [6, 6.07) is 0. The molecule has 1 heterocycles. The third-order valence-corrected chi connectivity index (χ3v) is 3.13. The number of oxazole rings is 1. The van der Waals surface area contributed by atoms with Gasteiger partial charge in [-0.3, -0.25) is 9.59 Å². The highest BCUT2D eigenvalue weighted by atomic mass is 16.4. The van der Waals surface area contributed by atoms with Gasteiger partial charge in [0, 0.05) is 0 Å². The van der Waals surface area contributed by atoms with E-state index in [1.165, 1.54) is 6.39 Å². The number of carboxylic acid groups (broad SMARTS) is 1. The lowest BCUT2D eigenvalue weighted by Crippen LogP contribution is -2.54. The van der Waals surface area contributed by atoms with E-state index in [-0.39, 0.29) is 18.1 Å². The van der Waals surface area contributed by atoms with Crippen LogP contribution in [0.3, 0.4) is 0 Å². The number of hydrogen-bond acceptors (Lipinski definition) is 4. The number of rotatable bonds is 4. The van der Waals surface area contributed by atoms with Crippen molar-refractivity contribution in [2.45, 2.75) is 38.1 Å². The molecule has 0 aliphatic heterocycles. The zero-order valence-electron chi connectivity index (χ0n) is 9.52. The molecule has 1 aromatic heterocycles. The molecule has 2 rings (SSSR count). The topological polar surface area (TPSA) is 92.4 Å². The van der Waals surface area contributed by atoms with E-state index in [1.54, 1.807) is 6.92 Å². The van der Waals surface area contributed by atoms with E-state index in [0.29, 0.717) is 18.5 Å². The molecule has 92 valence electrons. The highest BCUT2D eigenvalue weighted by Gasteiger charge is 2.41. The number of amides is 1. The van der Waals surface area contributed by atoms with Gasteiger partial charge in [0.15, 0.2) is 6.39 Å². The molecule has 1 saturated carbocycles. The third-order valence-electron chi connectivity index (χ3n) is 3.13. The predicted molar refractivity (Wildman–Crippen MR) is 57.5 cm³/mol. The molecule has 0 radical (unpaired) electrons. The first kappa shape index (κ1) is 11.6. The summed E-state index contributed by atoms with van der Waals surface area (Å²) in [6.45, 7) is 1.67. The molecule has 2 N–H and O–H groups in total. The molecular weight excluding hydrogens is 224 g/mol. The number of carboxylic acids is 1. The molecule has 0 spiro atoms. The molecule has 0 aromatic carbocycles. The van der Waals surface area contributed by atoms with Crippen molar-refractivity contribution >= 4 is 11.9 Å². The van der Waals surface area contributed by atoms with Crippen LogP contribution in [0.5, 0.6) is 0 Å². The maximum Gasteiger partial charge on any atom is 0.305 e. The van der Waals surface area contributed by atoms with Gasteiger partial charge in [-0.1, -0.05) is 0 Å². The minimum absolute atomic E-state index is 0.0497. The lowest BCUT2D eigenvalue weighted by atomic mass is 9.74. The van der Waals surface area contributed by atoms with Crippen LogP contribution in [0.15, 0.2) is 10.8 Å². The molecule has 1 fully saturated rings. The molecule has 0 bridgehead atoms. The van der Waals surface area contributed by atoms with Gasteiger partial charge in [-0.15, -0.1) is 0 Å². The van der Waals surface area contributed by atoms with Crippen LogP contribution in [0.25, 0.3) is 0 Å². The number of carbonyl (C=O) groups excluding carboxylic acids is 1. The van der Waals surface area contributed by atoms with Crippen molar-refractivity contribution in [1.29, 1.82) is 0 Å². The molecule has 6 heteroatoms. The second kappa shape index (κ2) is 4.20. The normalized spacial score (nSPS) is 17.2. The summed E-state index contributed by atoms with van der Waals surface area (Å²) in [6.07, 6.45) is 3.47. The summed E-state index contributed by atoms with van der Waals surface area (Å²) < 4.78 is 4.97. The van der Waals surface area contributed by atoms with Gasteiger partial charge in [-0.25, -0.2) is 4.98 Å². The summed E-state index contributed by atoms with van der Waals surface area (Å²) >= 11 is 0. The molecular formula is C11H14N2O4. The van der Waals surface area contributed by atoms with Gasteiger partial charge < -0.3 is 14.8 Å². The number of aliphatic carboxylic acids is 1. The van der Waals surface area contributed by atoms with Gasteiger partial charge in [0.1, 0.15) is 0 Å². The second-order valence-corrected chi connectivity index (χ2v) is 4.43. The van der Waals surface area contributed by atoms with Crippen LogP contribution in [0, 0.1) is 6.92 Å². The average Bonchev–Trinajstić information content (AvgIpc) is 2.60. The molecule has 17 heavy (non-hydrogen) atoms. The Hall–Kier alpha value is -1.85. The van der Waals surface area contributed by atoms with Crippen molar-refractivity contribution in [3.8, 4) is 0 Å². The molecule has 0 atom stereocenters.